The molecule has 0 unspecified atom stereocenters. The molecule has 0 amide bonds. The van der Waals surface area contributed by atoms with Crippen molar-refractivity contribution in [1.29, 1.82) is 0 Å². The largest absolute Gasteiger partial charge is 0.330 e. The Kier molecular flexibility index (Phi) is 2.52. The van der Waals surface area contributed by atoms with Crippen LogP contribution in [0.5, 0.6) is 0 Å². The number of aliphatic imine (C=N–C) groups is 1. The van der Waals surface area contributed by atoms with E-state index < -0.39 is 0 Å². The first-order valence-corrected chi connectivity index (χ1v) is 6.67. The highest BCUT2D eigenvalue weighted by Gasteiger charge is 2.12. The van der Waals surface area contributed by atoms with Gasteiger partial charge in [-0.25, -0.2) is 4.98 Å². The molecule has 1 N–H and O–H groups in total. The number of anilines is 1. The number of aromatic nitrogens is 2. The third-order valence-electron chi connectivity index (χ3n) is 3.65. The Morgan fingerprint density at radius 2 is 2.00 bits per heavy atom. The van der Waals surface area contributed by atoms with Gasteiger partial charge in [0.15, 0.2) is 5.82 Å². The Bertz CT molecular complexity index is 801. The molecular weight excluding hydrogens is 248 g/mol. The SMILES string of the molecule is C1=NCc2c(ncn2Cc2ccc3ccccc3c2)N1. The molecule has 1 aromatic heterocycles. The summed E-state index contributed by atoms with van der Waals surface area (Å²) >= 11 is 0. The van der Waals surface area contributed by atoms with Gasteiger partial charge in [-0.05, 0) is 22.4 Å². The van der Waals surface area contributed by atoms with E-state index in [-0.39, 0.29) is 0 Å². The summed E-state index contributed by atoms with van der Waals surface area (Å²) in [5, 5.41) is 5.62. The molecule has 0 atom stereocenters. The second-order valence-electron chi connectivity index (χ2n) is 4.96. The van der Waals surface area contributed by atoms with Gasteiger partial charge < -0.3 is 9.88 Å². The third kappa shape index (κ3) is 1.86. The van der Waals surface area contributed by atoms with E-state index in [2.05, 4.69) is 62.3 Å². The highest BCUT2D eigenvalue weighted by atomic mass is 15.2. The molecule has 0 radical (unpaired) electrons. The predicted molar refractivity (Wildman–Crippen MR) is 81.1 cm³/mol. The number of nitrogens with zero attached hydrogens (tertiary/aromatic N) is 3. The van der Waals surface area contributed by atoms with Gasteiger partial charge in [-0.3, -0.25) is 4.99 Å². The number of fused-ring (bicyclic) bond motifs is 2. The molecule has 3 aromatic rings. The van der Waals surface area contributed by atoms with Crippen molar-refractivity contribution in [3.63, 3.8) is 0 Å². The Morgan fingerprint density at radius 3 is 2.95 bits per heavy atom. The second-order valence-corrected chi connectivity index (χ2v) is 4.96. The van der Waals surface area contributed by atoms with E-state index in [9.17, 15) is 0 Å². The number of rotatable bonds is 2. The number of imidazole rings is 1. The summed E-state index contributed by atoms with van der Waals surface area (Å²) in [6, 6.07) is 15.0. The molecule has 0 saturated heterocycles. The van der Waals surface area contributed by atoms with Crippen molar-refractivity contribution in [2.24, 2.45) is 4.99 Å². The second kappa shape index (κ2) is 4.49. The van der Waals surface area contributed by atoms with Crippen LogP contribution in [0.15, 0.2) is 53.8 Å². The monoisotopic (exact) mass is 262 g/mol. The van der Waals surface area contributed by atoms with Crippen LogP contribution in [0.4, 0.5) is 5.82 Å². The molecule has 20 heavy (non-hydrogen) atoms. The summed E-state index contributed by atoms with van der Waals surface area (Å²) in [6.45, 7) is 1.51. The van der Waals surface area contributed by atoms with Crippen molar-refractivity contribution in [3.05, 3.63) is 60.0 Å². The Labute approximate surface area is 116 Å². The number of hydrogen-bond donors (Lipinski definition) is 1. The number of nitrogens with one attached hydrogen (secondary N) is 1. The van der Waals surface area contributed by atoms with Gasteiger partial charge in [-0.15, -0.1) is 0 Å². The molecule has 4 heteroatoms. The van der Waals surface area contributed by atoms with Crippen molar-refractivity contribution in [3.8, 4) is 0 Å². The Balaban J connectivity index is 1.69. The first-order valence-electron chi connectivity index (χ1n) is 6.67. The Hall–Kier alpha value is -2.62. The molecule has 0 bridgehead atoms. The van der Waals surface area contributed by atoms with E-state index >= 15 is 0 Å². The van der Waals surface area contributed by atoms with Gasteiger partial charge >= 0.3 is 0 Å². The van der Waals surface area contributed by atoms with Crippen LogP contribution in [0.3, 0.4) is 0 Å². The van der Waals surface area contributed by atoms with Gasteiger partial charge in [-0.2, -0.15) is 0 Å². The minimum absolute atomic E-state index is 0.690. The first kappa shape index (κ1) is 11.2. The maximum absolute atomic E-state index is 4.38. The smallest absolute Gasteiger partial charge is 0.154 e. The Morgan fingerprint density at radius 1 is 1.10 bits per heavy atom. The van der Waals surface area contributed by atoms with Crippen molar-refractivity contribution in [2.75, 3.05) is 5.32 Å². The quantitative estimate of drug-likeness (QED) is 0.771. The van der Waals surface area contributed by atoms with E-state index in [0.29, 0.717) is 6.54 Å². The third-order valence-corrected chi connectivity index (χ3v) is 3.65. The van der Waals surface area contributed by atoms with Crippen molar-refractivity contribution >= 4 is 22.9 Å². The lowest BCUT2D eigenvalue weighted by atomic mass is 10.1. The molecule has 98 valence electrons. The summed E-state index contributed by atoms with van der Waals surface area (Å²) in [5.41, 5.74) is 2.42. The van der Waals surface area contributed by atoms with Gasteiger partial charge in [0, 0.05) is 6.54 Å². The zero-order valence-electron chi connectivity index (χ0n) is 11.0. The van der Waals surface area contributed by atoms with Gasteiger partial charge in [0.2, 0.25) is 0 Å². The zero-order valence-corrected chi connectivity index (χ0v) is 11.0. The van der Waals surface area contributed by atoms with Crippen LogP contribution in [0.1, 0.15) is 11.3 Å². The maximum atomic E-state index is 4.38. The number of benzene rings is 2. The van der Waals surface area contributed by atoms with E-state index in [0.717, 1.165) is 18.1 Å². The number of hydrogen-bond acceptors (Lipinski definition) is 3. The highest BCUT2D eigenvalue weighted by molar-refractivity contribution is 5.83. The van der Waals surface area contributed by atoms with E-state index in [1.165, 1.54) is 16.3 Å². The van der Waals surface area contributed by atoms with Gasteiger partial charge in [0.25, 0.3) is 0 Å². The van der Waals surface area contributed by atoms with Crippen molar-refractivity contribution < 1.29 is 0 Å². The van der Waals surface area contributed by atoms with Gasteiger partial charge in [-0.1, -0.05) is 36.4 Å². The average molecular weight is 262 g/mol. The highest BCUT2D eigenvalue weighted by Crippen LogP contribution is 2.20. The summed E-state index contributed by atoms with van der Waals surface area (Å²) in [6.07, 6.45) is 3.58. The lowest BCUT2D eigenvalue weighted by Crippen LogP contribution is -2.09. The summed E-state index contributed by atoms with van der Waals surface area (Å²) in [5.74, 6) is 0.917. The maximum Gasteiger partial charge on any atom is 0.154 e. The molecule has 0 saturated carbocycles. The molecule has 0 fully saturated rings. The molecule has 4 rings (SSSR count). The average Bonchev–Trinajstić information content (AvgIpc) is 2.91. The van der Waals surface area contributed by atoms with Crippen LogP contribution < -0.4 is 5.32 Å². The minimum atomic E-state index is 0.690. The summed E-state index contributed by atoms with van der Waals surface area (Å²) in [7, 11) is 0. The van der Waals surface area contributed by atoms with Crippen LogP contribution >= 0.6 is 0 Å². The summed E-state index contributed by atoms with van der Waals surface area (Å²) < 4.78 is 2.16. The molecule has 4 nitrogen and oxygen atoms in total. The molecule has 2 heterocycles. The van der Waals surface area contributed by atoms with Crippen LogP contribution in [0.2, 0.25) is 0 Å². The van der Waals surface area contributed by atoms with E-state index in [1.807, 2.05) is 6.33 Å². The standard InChI is InChI=1S/C16H14N4/c1-2-4-14-7-12(5-6-13(14)3-1)9-20-11-19-16-15(20)8-17-10-18-16/h1-7,10-11H,8-9H2,(H,17,18). The predicted octanol–water partition coefficient (Wildman–Crippen LogP) is 3.04. The molecule has 1 aliphatic heterocycles. The molecule has 0 spiro atoms. The topological polar surface area (TPSA) is 42.2 Å². The zero-order chi connectivity index (χ0) is 13.4. The molecule has 2 aromatic carbocycles. The molecule has 0 aliphatic carbocycles. The van der Waals surface area contributed by atoms with Crippen molar-refractivity contribution in [2.45, 2.75) is 13.1 Å². The minimum Gasteiger partial charge on any atom is -0.330 e. The normalized spacial score (nSPS) is 13.2. The molecule has 1 aliphatic rings. The van der Waals surface area contributed by atoms with E-state index in [4.69, 9.17) is 0 Å². The van der Waals surface area contributed by atoms with Gasteiger partial charge in [0.1, 0.15) is 0 Å². The molecular formula is C16H14N4. The van der Waals surface area contributed by atoms with E-state index in [1.54, 1.807) is 6.34 Å². The van der Waals surface area contributed by atoms with Crippen LogP contribution in [0.25, 0.3) is 10.8 Å². The van der Waals surface area contributed by atoms with Gasteiger partial charge in [0.05, 0.1) is 24.9 Å². The fourth-order valence-corrected chi connectivity index (χ4v) is 2.60. The van der Waals surface area contributed by atoms with Crippen LogP contribution in [-0.2, 0) is 13.1 Å². The lowest BCUT2D eigenvalue weighted by molar-refractivity contribution is 0.741. The first-order chi connectivity index (χ1) is 9.90. The summed E-state index contributed by atoms with van der Waals surface area (Å²) in [4.78, 5) is 8.62. The van der Waals surface area contributed by atoms with Crippen LogP contribution in [-0.4, -0.2) is 15.9 Å². The fourth-order valence-electron chi connectivity index (χ4n) is 2.60. The lowest BCUT2D eigenvalue weighted by Gasteiger charge is -2.11. The van der Waals surface area contributed by atoms with Crippen LogP contribution in [0, 0.1) is 0 Å². The van der Waals surface area contributed by atoms with Crippen molar-refractivity contribution in [1.82, 2.24) is 9.55 Å². The fraction of sp³-hybridized carbons (Fsp3) is 0.125.